The zero-order chi connectivity index (χ0) is 18.3. The molecule has 1 aromatic carbocycles. The zero-order valence-corrected chi connectivity index (χ0v) is 14.8. The van der Waals surface area contributed by atoms with Gasteiger partial charge >= 0.3 is 5.97 Å². The van der Waals surface area contributed by atoms with Gasteiger partial charge in [-0.15, -0.1) is 0 Å². The number of amides is 1. The molecule has 1 fully saturated rings. The molecule has 0 saturated carbocycles. The van der Waals surface area contributed by atoms with E-state index in [1.807, 2.05) is 19.1 Å². The third kappa shape index (κ3) is 6.22. The molecule has 1 atom stereocenters. The van der Waals surface area contributed by atoms with Crippen molar-refractivity contribution in [1.29, 1.82) is 0 Å². The summed E-state index contributed by atoms with van der Waals surface area (Å²) in [5, 5.41) is 2.55. The standard InChI is InChI=1S/C17H21NO6S/c1-2-23-15-6-4-3-5-13(15)7-8-17(20)24-11-16(19)18-14-9-10-25(21,22)12-14/h3-8,14H,2,9-12H2,1H3,(H,18,19)/b8-7+/t14-/m0/s1. The van der Waals surface area contributed by atoms with Gasteiger partial charge < -0.3 is 14.8 Å². The van der Waals surface area contributed by atoms with Crippen molar-refractivity contribution in [2.75, 3.05) is 24.7 Å². The van der Waals surface area contributed by atoms with Crippen LogP contribution in [-0.4, -0.2) is 51.1 Å². The quantitative estimate of drug-likeness (QED) is 0.569. The van der Waals surface area contributed by atoms with Gasteiger partial charge in [0.2, 0.25) is 0 Å². The van der Waals surface area contributed by atoms with Gasteiger partial charge in [0.1, 0.15) is 5.75 Å². The lowest BCUT2D eigenvalue weighted by atomic mass is 10.2. The molecule has 7 nitrogen and oxygen atoms in total. The van der Waals surface area contributed by atoms with Crippen LogP contribution in [0.3, 0.4) is 0 Å². The van der Waals surface area contributed by atoms with Crippen molar-refractivity contribution < 1.29 is 27.5 Å². The van der Waals surface area contributed by atoms with Gasteiger partial charge in [-0.05, 0) is 25.5 Å². The minimum atomic E-state index is -3.07. The Labute approximate surface area is 146 Å². The molecule has 2 rings (SSSR count). The smallest absolute Gasteiger partial charge is 0.331 e. The second-order valence-corrected chi connectivity index (χ2v) is 7.81. The highest BCUT2D eigenvalue weighted by molar-refractivity contribution is 7.91. The van der Waals surface area contributed by atoms with Crippen molar-refractivity contribution in [2.45, 2.75) is 19.4 Å². The summed E-state index contributed by atoms with van der Waals surface area (Å²) in [5.41, 5.74) is 0.724. The van der Waals surface area contributed by atoms with Crippen molar-refractivity contribution >= 4 is 27.8 Å². The van der Waals surface area contributed by atoms with Crippen LogP contribution in [0.15, 0.2) is 30.3 Å². The number of carbonyl (C=O) groups is 2. The minimum Gasteiger partial charge on any atom is -0.493 e. The Morgan fingerprint density at radius 1 is 1.32 bits per heavy atom. The van der Waals surface area contributed by atoms with Gasteiger partial charge in [0, 0.05) is 17.7 Å². The van der Waals surface area contributed by atoms with Gasteiger partial charge in [-0.1, -0.05) is 18.2 Å². The third-order valence-corrected chi connectivity index (χ3v) is 5.33. The van der Waals surface area contributed by atoms with E-state index in [1.54, 1.807) is 18.2 Å². The van der Waals surface area contributed by atoms with Crippen LogP contribution in [-0.2, 0) is 24.2 Å². The third-order valence-electron chi connectivity index (χ3n) is 3.56. The predicted octanol–water partition coefficient (Wildman–Crippen LogP) is 0.945. The van der Waals surface area contributed by atoms with Crippen LogP contribution < -0.4 is 10.1 Å². The lowest BCUT2D eigenvalue weighted by molar-refractivity contribution is -0.143. The van der Waals surface area contributed by atoms with Gasteiger partial charge in [-0.3, -0.25) is 4.79 Å². The lowest BCUT2D eigenvalue weighted by Gasteiger charge is -2.10. The molecule has 1 aromatic rings. The second kappa shape index (κ2) is 8.66. The van der Waals surface area contributed by atoms with Crippen molar-refractivity contribution in [1.82, 2.24) is 5.32 Å². The molecule has 1 aliphatic heterocycles. The number of sulfone groups is 1. The van der Waals surface area contributed by atoms with Gasteiger partial charge in [-0.2, -0.15) is 0 Å². The average Bonchev–Trinajstić information content (AvgIpc) is 2.91. The van der Waals surface area contributed by atoms with Crippen LogP contribution in [0, 0.1) is 0 Å². The Morgan fingerprint density at radius 3 is 2.76 bits per heavy atom. The van der Waals surface area contributed by atoms with Crippen molar-refractivity contribution in [3.05, 3.63) is 35.9 Å². The molecule has 8 heteroatoms. The summed E-state index contributed by atoms with van der Waals surface area (Å²) in [5.74, 6) is -0.533. The summed E-state index contributed by atoms with van der Waals surface area (Å²) < 4.78 is 33.0. The molecule has 1 heterocycles. The highest BCUT2D eigenvalue weighted by atomic mass is 32.2. The number of nitrogens with one attached hydrogen (secondary N) is 1. The topological polar surface area (TPSA) is 98.8 Å². The maximum atomic E-state index is 11.7. The zero-order valence-electron chi connectivity index (χ0n) is 13.9. The molecule has 0 spiro atoms. The molecule has 25 heavy (non-hydrogen) atoms. The van der Waals surface area contributed by atoms with Crippen LogP contribution >= 0.6 is 0 Å². The fourth-order valence-corrected chi connectivity index (χ4v) is 4.10. The highest BCUT2D eigenvalue weighted by Crippen LogP contribution is 2.19. The number of carbonyl (C=O) groups excluding carboxylic acids is 2. The number of hydrogen-bond donors (Lipinski definition) is 1. The highest BCUT2D eigenvalue weighted by Gasteiger charge is 2.28. The largest absolute Gasteiger partial charge is 0.493 e. The summed E-state index contributed by atoms with van der Waals surface area (Å²) in [7, 11) is -3.07. The molecule has 0 aliphatic carbocycles. The monoisotopic (exact) mass is 367 g/mol. The maximum Gasteiger partial charge on any atom is 0.331 e. The lowest BCUT2D eigenvalue weighted by Crippen LogP contribution is -2.38. The second-order valence-electron chi connectivity index (χ2n) is 5.58. The van der Waals surface area contributed by atoms with E-state index in [2.05, 4.69) is 5.32 Å². The van der Waals surface area contributed by atoms with Crippen molar-refractivity contribution in [3.63, 3.8) is 0 Å². The fourth-order valence-electron chi connectivity index (χ4n) is 2.43. The first-order chi connectivity index (χ1) is 11.9. The summed E-state index contributed by atoms with van der Waals surface area (Å²) in [6.07, 6.45) is 3.15. The minimum absolute atomic E-state index is 0.0686. The molecule has 0 bridgehead atoms. The first-order valence-corrected chi connectivity index (χ1v) is 9.78. The maximum absolute atomic E-state index is 11.7. The van der Waals surface area contributed by atoms with Crippen molar-refractivity contribution in [2.24, 2.45) is 0 Å². The first-order valence-electron chi connectivity index (χ1n) is 7.96. The van der Waals surface area contributed by atoms with E-state index in [4.69, 9.17) is 9.47 Å². The Morgan fingerprint density at radius 2 is 2.08 bits per heavy atom. The van der Waals surface area contributed by atoms with Crippen LogP contribution in [0.4, 0.5) is 0 Å². The van der Waals surface area contributed by atoms with Gasteiger partial charge in [0.25, 0.3) is 5.91 Å². The average molecular weight is 367 g/mol. The van der Waals surface area contributed by atoms with Gasteiger partial charge in [0.15, 0.2) is 16.4 Å². The molecule has 1 N–H and O–H groups in total. The summed E-state index contributed by atoms with van der Waals surface area (Å²) in [4.78, 5) is 23.4. The Kier molecular flexibility index (Phi) is 6.58. The Balaban J connectivity index is 1.79. The molecule has 1 aliphatic rings. The number of ether oxygens (including phenoxy) is 2. The number of rotatable bonds is 7. The van der Waals surface area contributed by atoms with E-state index >= 15 is 0 Å². The van der Waals surface area contributed by atoms with Crippen LogP contribution in [0.1, 0.15) is 18.9 Å². The SMILES string of the molecule is CCOc1ccccc1/C=C/C(=O)OCC(=O)N[C@H]1CCS(=O)(=O)C1. The summed E-state index contributed by atoms with van der Waals surface area (Å²) >= 11 is 0. The molecular formula is C17H21NO6S. The van der Waals surface area contributed by atoms with E-state index in [1.165, 1.54) is 6.08 Å². The van der Waals surface area contributed by atoms with E-state index in [0.29, 0.717) is 18.8 Å². The molecule has 1 saturated heterocycles. The van der Waals surface area contributed by atoms with E-state index in [9.17, 15) is 18.0 Å². The molecule has 0 aromatic heterocycles. The van der Waals surface area contributed by atoms with E-state index in [-0.39, 0.29) is 11.5 Å². The number of benzene rings is 1. The van der Waals surface area contributed by atoms with Crippen LogP contribution in [0.5, 0.6) is 5.75 Å². The van der Waals surface area contributed by atoms with E-state index < -0.39 is 34.4 Å². The predicted molar refractivity (Wildman–Crippen MR) is 92.8 cm³/mol. The number of hydrogen-bond acceptors (Lipinski definition) is 6. The van der Waals surface area contributed by atoms with Crippen LogP contribution in [0.2, 0.25) is 0 Å². The van der Waals surface area contributed by atoms with E-state index in [0.717, 1.165) is 5.56 Å². The summed E-state index contributed by atoms with van der Waals surface area (Å²) in [6, 6.07) is 6.81. The summed E-state index contributed by atoms with van der Waals surface area (Å²) in [6.45, 7) is 1.92. The Hall–Kier alpha value is -2.35. The number of para-hydroxylation sites is 1. The normalized spacial score (nSPS) is 18.8. The van der Waals surface area contributed by atoms with Gasteiger partial charge in [0.05, 0.1) is 18.1 Å². The molecular weight excluding hydrogens is 346 g/mol. The van der Waals surface area contributed by atoms with Crippen LogP contribution in [0.25, 0.3) is 6.08 Å². The Bertz CT molecular complexity index is 756. The molecule has 1 amide bonds. The molecule has 0 radical (unpaired) electrons. The molecule has 0 unspecified atom stereocenters. The van der Waals surface area contributed by atoms with Crippen molar-refractivity contribution in [3.8, 4) is 5.75 Å². The fraction of sp³-hybridized carbons (Fsp3) is 0.412. The first kappa shape index (κ1) is 19.0. The number of esters is 1. The van der Waals surface area contributed by atoms with Gasteiger partial charge in [-0.25, -0.2) is 13.2 Å². The molecule has 136 valence electrons.